The van der Waals surface area contributed by atoms with Crippen LogP contribution in [0.3, 0.4) is 0 Å². The lowest BCUT2D eigenvalue weighted by Gasteiger charge is -2.34. The summed E-state index contributed by atoms with van der Waals surface area (Å²) in [6.07, 6.45) is 8.35. The molecule has 2 fully saturated rings. The molecule has 14 heavy (non-hydrogen) atoms. The summed E-state index contributed by atoms with van der Waals surface area (Å²) in [6, 6.07) is 0. The standard InChI is InChI=1S/C12H21NO/c13-8-10-4-1-2-7-11(10)12(14)9-5-3-6-9/h9-11H,1-8,13H2. The maximum Gasteiger partial charge on any atom is 0.139 e. The largest absolute Gasteiger partial charge is 0.330 e. The predicted octanol–water partition coefficient (Wildman–Crippen LogP) is 2.12. The van der Waals surface area contributed by atoms with E-state index in [-0.39, 0.29) is 0 Å². The van der Waals surface area contributed by atoms with E-state index >= 15 is 0 Å². The minimum atomic E-state index is 0.319. The Kier molecular flexibility index (Phi) is 3.22. The Balaban J connectivity index is 1.95. The summed E-state index contributed by atoms with van der Waals surface area (Å²) in [6.45, 7) is 0.711. The van der Waals surface area contributed by atoms with Crippen LogP contribution in [0.1, 0.15) is 44.9 Å². The van der Waals surface area contributed by atoms with Crippen molar-refractivity contribution >= 4 is 5.78 Å². The Bertz CT molecular complexity index is 210. The lowest BCUT2D eigenvalue weighted by atomic mass is 9.69. The molecule has 0 aromatic heterocycles. The predicted molar refractivity (Wildman–Crippen MR) is 56.9 cm³/mol. The summed E-state index contributed by atoms with van der Waals surface area (Å²) >= 11 is 0. The fourth-order valence-corrected chi connectivity index (χ4v) is 2.86. The van der Waals surface area contributed by atoms with E-state index in [1.165, 1.54) is 25.7 Å². The summed E-state index contributed by atoms with van der Waals surface area (Å²) in [5, 5.41) is 0. The van der Waals surface area contributed by atoms with Gasteiger partial charge in [-0.1, -0.05) is 19.3 Å². The van der Waals surface area contributed by atoms with Crippen LogP contribution in [0, 0.1) is 17.8 Å². The molecule has 2 unspecified atom stereocenters. The second kappa shape index (κ2) is 4.43. The molecule has 0 spiro atoms. The van der Waals surface area contributed by atoms with Crippen molar-refractivity contribution in [1.29, 1.82) is 0 Å². The van der Waals surface area contributed by atoms with Crippen molar-refractivity contribution in [3.63, 3.8) is 0 Å². The highest BCUT2D eigenvalue weighted by molar-refractivity contribution is 5.84. The molecule has 2 saturated carbocycles. The molecule has 80 valence electrons. The van der Waals surface area contributed by atoms with Crippen LogP contribution in [-0.2, 0) is 4.79 Å². The Labute approximate surface area is 86.2 Å². The van der Waals surface area contributed by atoms with Crippen LogP contribution in [-0.4, -0.2) is 12.3 Å². The topological polar surface area (TPSA) is 43.1 Å². The molecule has 2 aliphatic rings. The third-order valence-electron chi connectivity index (χ3n) is 4.08. The smallest absolute Gasteiger partial charge is 0.139 e. The molecule has 2 nitrogen and oxygen atoms in total. The average molecular weight is 195 g/mol. The van der Waals surface area contributed by atoms with Crippen LogP contribution in [0.25, 0.3) is 0 Å². The fourth-order valence-electron chi connectivity index (χ4n) is 2.86. The van der Waals surface area contributed by atoms with E-state index in [0.29, 0.717) is 30.1 Å². The third kappa shape index (κ3) is 1.85. The maximum atomic E-state index is 12.1. The van der Waals surface area contributed by atoms with Gasteiger partial charge in [0.15, 0.2) is 0 Å². The zero-order chi connectivity index (χ0) is 9.97. The first-order valence-electron chi connectivity index (χ1n) is 6.06. The van der Waals surface area contributed by atoms with E-state index < -0.39 is 0 Å². The number of Topliss-reactive ketones (excluding diaryl/α,β-unsaturated/α-hetero) is 1. The maximum absolute atomic E-state index is 12.1. The van der Waals surface area contributed by atoms with Gasteiger partial charge in [0.1, 0.15) is 5.78 Å². The van der Waals surface area contributed by atoms with Gasteiger partial charge in [-0.05, 0) is 38.1 Å². The number of carbonyl (C=O) groups is 1. The summed E-state index contributed by atoms with van der Waals surface area (Å²) in [5.74, 6) is 1.77. The van der Waals surface area contributed by atoms with Crippen LogP contribution >= 0.6 is 0 Å². The highest BCUT2D eigenvalue weighted by Crippen LogP contribution is 2.37. The van der Waals surface area contributed by atoms with Gasteiger partial charge in [0.05, 0.1) is 0 Å². The van der Waals surface area contributed by atoms with Crippen molar-refractivity contribution in [1.82, 2.24) is 0 Å². The van der Waals surface area contributed by atoms with Crippen molar-refractivity contribution in [2.75, 3.05) is 6.54 Å². The number of carbonyl (C=O) groups excluding carboxylic acids is 1. The van der Waals surface area contributed by atoms with Crippen LogP contribution < -0.4 is 5.73 Å². The van der Waals surface area contributed by atoms with E-state index in [2.05, 4.69) is 0 Å². The molecule has 0 amide bonds. The molecule has 0 aromatic carbocycles. The summed E-state index contributed by atoms with van der Waals surface area (Å²) in [5.41, 5.74) is 5.74. The van der Waals surface area contributed by atoms with Gasteiger partial charge >= 0.3 is 0 Å². The van der Waals surface area contributed by atoms with E-state index in [1.54, 1.807) is 0 Å². The zero-order valence-corrected chi connectivity index (χ0v) is 8.87. The lowest BCUT2D eigenvalue weighted by molar-refractivity contribution is -0.132. The van der Waals surface area contributed by atoms with Crippen LogP contribution in [0.5, 0.6) is 0 Å². The molecule has 2 rings (SSSR count). The summed E-state index contributed by atoms with van der Waals surface area (Å²) in [7, 11) is 0. The molecule has 2 N–H and O–H groups in total. The van der Waals surface area contributed by atoms with Crippen molar-refractivity contribution < 1.29 is 4.79 Å². The van der Waals surface area contributed by atoms with Gasteiger partial charge in [-0.3, -0.25) is 4.79 Å². The monoisotopic (exact) mass is 195 g/mol. The van der Waals surface area contributed by atoms with Gasteiger partial charge in [-0.2, -0.15) is 0 Å². The second-order valence-corrected chi connectivity index (χ2v) is 4.92. The van der Waals surface area contributed by atoms with Crippen LogP contribution in [0.15, 0.2) is 0 Å². The molecule has 0 aromatic rings. The second-order valence-electron chi connectivity index (χ2n) is 4.92. The molecule has 0 bridgehead atoms. The number of hydrogen-bond acceptors (Lipinski definition) is 2. The van der Waals surface area contributed by atoms with E-state index in [1.807, 2.05) is 0 Å². The number of ketones is 1. The first-order chi connectivity index (χ1) is 6.83. The van der Waals surface area contributed by atoms with Gasteiger partial charge in [-0.25, -0.2) is 0 Å². The van der Waals surface area contributed by atoms with E-state index in [9.17, 15) is 4.79 Å². The molecule has 0 saturated heterocycles. The average Bonchev–Trinajstić information content (AvgIpc) is 2.15. The Hall–Kier alpha value is -0.370. The SMILES string of the molecule is NCC1CCCCC1C(=O)C1CCC1. The zero-order valence-electron chi connectivity index (χ0n) is 8.87. The van der Waals surface area contributed by atoms with E-state index in [4.69, 9.17) is 5.73 Å². The van der Waals surface area contributed by atoms with Crippen LogP contribution in [0.4, 0.5) is 0 Å². The molecular weight excluding hydrogens is 174 g/mol. The minimum absolute atomic E-state index is 0.319. The summed E-state index contributed by atoms with van der Waals surface area (Å²) in [4.78, 5) is 12.1. The molecule has 2 heteroatoms. The molecule has 0 heterocycles. The minimum Gasteiger partial charge on any atom is -0.330 e. The van der Waals surface area contributed by atoms with Gasteiger partial charge in [-0.15, -0.1) is 0 Å². The lowest BCUT2D eigenvalue weighted by Crippen LogP contribution is -2.37. The van der Waals surface area contributed by atoms with Crippen molar-refractivity contribution in [3.8, 4) is 0 Å². The van der Waals surface area contributed by atoms with Crippen molar-refractivity contribution in [2.45, 2.75) is 44.9 Å². The molecule has 0 aliphatic heterocycles. The van der Waals surface area contributed by atoms with Gasteiger partial charge < -0.3 is 5.73 Å². The first-order valence-corrected chi connectivity index (χ1v) is 6.06. The summed E-state index contributed by atoms with van der Waals surface area (Å²) < 4.78 is 0. The Morgan fingerprint density at radius 3 is 2.36 bits per heavy atom. The number of rotatable bonds is 3. The van der Waals surface area contributed by atoms with Gasteiger partial charge in [0.2, 0.25) is 0 Å². The quantitative estimate of drug-likeness (QED) is 0.749. The van der Waals surface area contributed by atoms with Crippen LogP contribution in [0.2, 0.25) is 0 Å². The Morgan fingerprint density at radius 2 is 1.79 bits per heavy atom. The van der Waals surface area contributed by atoms with Crippen molar-refractivity contribution in [2.24, 2.45) is 23.5 Å². The normalized spacial score (nSPS) is 33.8. The van der Waals surface area contributed by atoms with E-state index in [0.717, 1.165) is 19.3 Å². The molecule has 2 atom stereocenters. The first kappa shape index (κ1) is 10.2. The van der Waals surface area contributed by atoms with Gasteiger partial charge in [0.25, 0.3) is 0 Å². The molecular formula is C12H21NO. The third-order valence-corrected chi connectivity index (χ3v) is 4.08. The highest BCUT2D eigenvalue weighted by atomic mass is 16.1. The number of nitrogens with two attached hydrogens (primary N) is 1. The molecule has 0 radical (unpaired) electrons. The highest BCUT2D eigenvalue weighted by Gasteiger charge is 2.36. The van der Waals surface area contributed by atoms with Gasteiger partial charge in [0, 0.05) is 11.8 Å². The Morgan fingerprint density at radius 1 is 1.07 bits per heavy atom. The van der Waals surface area contributed by atoms with Crippen molar-refractivity contribution in [3.05, 3.63) is 0 Å². The molecule has 2 aliphatic carbocycles. The fraction of sp³-hybridized carbons (Fsp3) is 0.917. The number of hydrogen-bond donors (Lipinski definition) is 1.